The number of aryl methyl sites for hydroxylation is 2. The van der Waals surface area contributed by atoms with Gasteiger partial charge in [-0.05, 0) is 49.2 Å². The molecule has 5 heteroatoms. The molecule has 0 unspecified atom stereocenters. The van der Waals surface area contributed by atoms with Crippen molar-refractivity contribution < 1.29 is 13.5 Å². The third kappa shape index (κ3) is 3.84. The second kappa shape index (κ2) is 5.68. The first-order valence-electron chi connectivity index (χ1n) is 6.24. The summed E-state index contributed by atoms with van der Waals surface area (Å²) in [5, 5.41) is 2.63. The van der Waals surface area contributed by atoms with Gasteiger partial charge in [-0.15, -0.1) is 0 Å². The summed E-state index contributed by atoms with van der Waals surface area (Å²) in [7, 11) is -3.19. The second-order valence-corrected chi connectivity index (χ2v) is 6.95. The van der Waals surface area contributed by atoms with E-state index in [4.69, 9.17) is 4.52 Å². The van der Waals surface area contributed by atoms with Crippen molar-refractivity contribution >= 4 is 13.2 Å². The van der Waals surface area contributed by atoms with Crippen molar-refractivity contribution in [3.8, 4) is 5.75 Å². The fraction of sp³-hybridized carbons (Fsp3) is 0.200. The third-order valence-corrected chi connectivity index (χ3v) is 3.88. The normalized spacial score (nSPS) is 13.6. The Hall–Kier alpha value is -1.80. The zero-order valence-electron chi connectivity index (χ0n) is 11.7. The van der Waals surface area contributed by atoms with Crippen LogP contribution in [-0.2, 0) is 4.57 Å². The average Bonchev–Trinajstić information content (AvgIpc) is 2.29. The standard InChI is InChI=1S/C15H17FNO2P/c1-11-8-12(2)10-13(9-11)19-20(3,18)17-15-7-5-4-6-14(15)16/h4-10H,1-3H3,(H,17,18)/t20-/m1/s1. The van der Waals surface area contributed by atoms with Crippen molar-refractivity contribution in [2.75, 3.05) is 11.8 Å². The van der Waals surface area contributed by atoms with Crippen LogP contribution in [0.4, 0.5) is 10.1 Å². The molecule has 0 aromatic heterocycles. The molecular weight excluding hydrogens is 276 g/mol. The molecular formula is C15H17FNO2P. The molecule has 0 bridgehead atoms. The highest BCUT2D eigenvalue weighted by Crippen LogP contribution is 2.44. The maximum absolute atomic E-state index is 13.5. The lowest BCUT2D eigenvalue weighted by molar-refractivity contribution is 0.492. The SMILES string of the molecule is Cc1cc(C)cc(O[P@@](C)(=O)Nc2ccccc2F)c1. The number of hydrogen-bond acceptors (Lipinski definition) is 2. The van der Waals surface area contributed by atoms with E-state index in [0.29, 0.717) is 5.75 Å². The molecule has 0 aliphatic rings. The molecule has 1 atom stereocenters. The Balaban J connectivity index is 2.19. The van der Waals surface area contributed by atoms with E-state index in [1.165, 1.54) is 18.8 Å². The number of halogens is 1. The fourth-order valence-electron chi connectivity index (χ4n) is 1.98. The van der Waals surface area contributed by atoms with Crippen molar-refractivity contribution in [1.82, 2.24) is 0 Å². The average molecular weight is 293 g/mol. The highest BCUT2D eigenvalue weighted by Gasteiger charge is 2.19. The molecule has 0 saturated carbocycles. The smallest absolute Gasteiger partial charge is 0.338 e. The number of anilines is 1. The number of nitrogens with one attached hydrogen (secondary N) is 1. The molecule has 106 valence electrons. The molecule has 2 rings (SSSR count). The summed E-state index contributed by atoms with van der Waals surface area (Å²) < 4.78 is 31.5. The first-order chi connectivity index (χ1) is 9.35. The Morgan fingerprint density at radius 1 is 1.10 bits per heavy atom. The molecule has 2 aromatic rings. The van der Waals surface area contributed by atoms with Crippen LogP contribution in [0.1, 0.15) is 11.1 Å². The monoisotopic (exact) mass is 293 g/mol. The van der Waals surface area contributed by atoms with Gasteiger partial charge in [0, 0.05) is 6.66 Å². The predicted molar refractivity (Wildman–Crippen MR) is 80.1 cm³/mol. The Morgan fingerprint density at radius 3 is 2.30 bits per heavy atom. The van der Waals surface area contributed by atoms with Gasteiger partial charge in [-0.3, -0.25) is 4.57 Å². The van der Waals surface area contributed by atoms with E-state index in [0.717, 1.165) is 11.1 Å². The third-order valence-electron chi connectivity index (χ3n) is 2.67. The Labute approximate surface area is 118 Å². The lowest BCUT2D eigenvalue weighted by Crippen LogP contribution is -2.04. The number of para-hydroxylation sites is 1. The predicted octanol–water partition coefficient (Wildman–Crippen LogP) is 4.76. The van der Waals surface area contributed by atoms with Gasteiger partial charge < -0.3 is 9.61 Å². The summed E-state index contributed by atoms with van der Waals surface area (Å²) in [5.41, 5.74) is 2.21. The zero-order valence-corrected chi connectivity index (χ0v) is 12.6. The van der Waals surface area contributed by atoms with Gasteiger partial charge in [0.1, 0.15) is 11.6 Å². The molecule has 0 aliphatic heterocycles. The topological polar surface area (TPSA) is 38.3 Å². The van der Waals surface area contributed by atoms with Crippen LogP contribution >= 0.6 is 7.52 Å². The molecule has 0 spiro atoms. The van der Waals surface area contributed by atoms with Gasteiger partial charge in [0.15, 0.2) is 0 Å². The van der Waals surface area contributed by atoms with E-state index in [-0.39, 0.29) is 5.69 Å². The Bertz CT molecular complexity index is 652. The number of benzene rings is 2. The van der Waals surface area contributed by atoms with E-state index in [1.807, 2.05) is 19.9 Å². The summed E-state index contributed by atoms with van der Waals surface area (Å²) in [6.07, 6.45) is 0. The van der Waals surface area contributed by atoms with Crippen molar-refractivity contribution in [3.05, 3.63) is 59.4 Å². The molecule has 0 fully saturated rings. The summed E-state index contributed by atoms with van der Waals surface area (Å²) >= 11 is 0. The van der Waals surface area contributed by atoms with Crippen LogP contribution in [0.2, 0.25) is 0 Å². The van der Waals surface area contributed by atoms with Crippen LogP contribution in [0.5, 0.6) is 5.75 Å². The van der Waals surface area contributed by atoms with Gasteiger partial charge in [0.2, 0.25) is 0 Å². The van der Waals surface area contributed by atoms with Crippen molar-refractivity contribution in [3.63, 3.8) is 0 Å². The summed E-state index contributed by atoms with van der Waals surface area (Å²) in [4.78, 5) is 0. The molecule has 2 aromatic carbocycles. The highest BCUT2D eigenvalue weighted by molar-refractivity contribution is 7.60. The van der Waals surface area contributed by atoms with Crippen LogP contribution in [0.3, 0.4) is 0 Å². The minimum atomic E-state index is -3.19. The van der Waals surface area contributed by atoms with Crippen molar-refractivity contribution in [2.24, 2.45) is 0 Å². The fourth-order valence-corrected chi connectivity index (χ4v) is 3.15. The summed E-state index contributed by atoms with van der Waals surface area (Å²) in [5.74, 6) is 0.0516. The zero-order chi connectivity index (χ0) is 14.8. The molecule has 20 heavy (non-hydrogen) atoms. The molecule has 0 radical (unpaired) electrons. The van der Waals surface area contributed by atoms with Crippen molar-refractivity contribution in [2.45, 2.75) is 13.8 Å². The molecule has 0 aliphatic carbocycles. The van der Waals surface area contributed by atoms with Crippen LogP contribution in [0, 0.1) is 19.7 Å². The second-order valence-electron chi connectivity index (χ2n) is 4.85. The summed E-state index contributed by atoms with van der Waals surface area (Å²) in [6.45, 7) is 5.30. The minimum Gasteiger partial charge on any atom is -0.429 e. The van der Waals surface area contributed by atoms with Crippen LogP contribution in [0.15, 0.2) is 42.5 Å². The van der Waals surface area contributed by atoms with Gasteiger partial charge in [-0.2, -0.15) is 0 Å². The lowest BCUT2D eigenvalue weighted by Gasteiger charge is -2.18. The maximum Gasteiger partial charge on any atom is 0.338 e. The first-order valence-corrected chi connectivity index (χ1v) is 8.31. The molecule has 0 heterocycles. The Kier molecular flexibility index (Phi) is 4.15. The van der Waals surface area contributed by atoms with Gasteiger partial charge in [-0.25, -0.2) is 4.39 Å². The van der Waals surface area contributed by atoms with Gasteiger partial charge in [-0.1, -0.05) is 18.2 Å². The van der Waals surface area contributed by atoms with Crippen LogP contribution < -0.4 is 9.61 Å². The summed E-state index contributed by atoms with van der Waals surface area (Å²) in [6, 6.07) is 11.7. The molecule has 0 amide bonds. The number of rotatable bonds is 4. The van der Waals surface area contributed by atoms with Gasteiger partial charge >= 0.3 is 7.52 Å². The van der Waals surface area contributed by atoms with Gasteiger partial charge in [0.05, 0.1) is 5.69 Å². The van der Waals surface area contributed by atoms with E-state index >= 15 is 0 Å². The van der Waals surface area contributed by atoms with Crippen molar-refractivity contribution in [1.29, 1.82) is 0 Å². The van der Waals surface area contributed by atoms with Crippen LogP contribution in [0.25, 0.3) is 0 Å². The largest absolute Gasteiger partial charge is 0.429 e. The molecule has 3 nitrogen and oxygen atoms in total. The Morgan fingerprint density at radius 2 is 1.70 bits per heavy atom. The van der Waals surface area contributed by atoms with Crippen LogP contribution in [-0.4, -0.2) is 6.66 Å². The molecule has 1 N–H and O–H groups in total. The first kappa shape index (κ1) is 14.6. The number of hydrogen-bond donors (Lipinski definition) is 1. The highest BCUT2D eigenvalue weighted by atomic mass is 31.2. The van der Waals surface area contributed by atoms with E-state index < -0.39 is 13.3 Å². The van der Waals surface area contributed by atoms with Gasteiger partial charge in [0.25, 0.3) is 0 Å². The molecule has 0 saturated heterocycles. The maximum atomic E-state index is 13.5. The van der Waals surface area contributed by atoms with E-state index in [9.17, 15) is 8.96 Å². The van der Waals surface area contributed by atoms with E-state index in [1.54, 1.807) is 24.3 Å². The lowest BCUT2D eigenvalue weighted by atomic mass is 10.1. The quantitative estimate of drug-likeness (QED) is 0.826. The minimum absolute atomic E-state index is 0.169. The van der Waals surface area contributed by atoms with E-state index in [2.05, 4.69) is 5.09 Å².